The zero-order valence-electron chi connectivity index (χ0n) is 12.2. The van der Waals surface area contributed by atoms with E-state index in [1.165, 1.54) is 12.0 Å². The third-order valence-corrected chi connectivity index (χ3v) is 3.23. The number of unbranched alkanes of at least 4 members (excludes halogenated alkanes) is 1. The number of esters is 1. The van der Waals surface area contributed by atoms with Gasteiger partial charge in [-0.25, -0.2) is 4.79 Å². The number of methoxy groups -OCH3 is 1. The Balaban J connectivity index is 0.00000361. The zero-order valence-corrected chi connectivity index (χ0v) is 13.0. The molecule has 1 amide bonds. The van der Waals surface area contributed by atoms with E-state index >= 15 is 0 Å². The largest absolute Gasteiger partial charge is 0.468 e. The van der Waals surface area contributed by atoms with Crippen LogP contribution in [0, 0.1) is 0 Å². The lowest BCUT2D eigenvalue weighted by Crippen LogP contribution is -2.48. The lowest BCUT2D eigenvalue weighted by atomic mass is 10.1. The Labute approximate surface area is 126 Å². The number of nitrogens with zero attached hydrogens (tertiary/aromatic N) is 1. The van der Waals surface area contributed by atoms with Crippen molar-refractivity contribution < 1.29 is 19.1 Å². The fraction of sp³-hybridized carbons (Fsp3) is 0.846. The van der Waals surface area contributed by atoms with Crippen molar-refractivity contribution in [3.63, 3.8) is 0 Å². The second-order valence-electron chi connectivity index (χ2n) is 4.65. The van der Waals surface area contributed by atoms with Gasteiger partial charge in [0.05, 0.1) is 13.7 Å². The molecule has 1 aliphatic rings. The molecular formula is C13H25ClN2O4. The number of halogens is 1. The van der Waals surface area contributed by atoms with Crippen molar-refractivity contribution in [2.24, 2.45) is 0 Å². The average molecular weight is 309 g/mol. The first-order valence-corrected chi connectivity index (χ1v) is 6.90. The van der Waals surface area contributed by atoms with Crippen LogP contribution in [0.2, 0.25) is 0 Å². The summed E-state index contributed by atoms with van der Waals surface area (Å²) in [6, 6.07) is 0.0504. The minimum atomic E-state index is -0.411. The number of rotatable bonds is 6. The normalized spacial score (nSPS) is 15.1. The van der Waals surface area contributed by atoms with Crippen LogP contribution in [0.5, 0.6) is 0 Å². The van der Waals surface area contributed by atoms with Crippen LogP contribution < -0.4 is 5.32 Å². The van der Waals surface area contributed by atoms with Crippen LogP contribution in [0.3, 0.4) is 0 Å². The van der Waals surface area contributed by atoms with Crippen LogP contribution in [0.15, 0.2) is 0 Å². The standard InChI is InChI=1S/C13H24N2O4.ClH/c1-3-4-9-19-13(17)15(10-12(16)18-2)11-5-7-14-8-6-11;/h11,14H,3-10H2,1-2H3;1H. The minimum Gasteiger partial charge on any atom is -0.468 e. The molecule has 0 aromatic rings. The monoisotopic (exact) mass is 308 g/mol. The molecule has 118 valence electrons. The molecule has 6 nitrogen and oxygen atoms in total. The molecular weight excluding hydrogens is 284 g/mol. The number of nitrogens with one attached hydrogen (secondary N) is 1. The molecule has 0 saturated carbocycles. The Hall–Kier alpha value is -1.01. The second-order valence-corrected chi connectivity index (χ2v) is 4.65. The van der Waals surface area contributed by atoms with Crippen LogP contribution in [0.1, 0.15) is 32.6 Å². The van der Waals surface area contributed by atoms with Gasteiger partial charge in [-0.1, -0.05) is 13.3 Å². The number of amides is 1. The highest BCUT2D eigenvalue weighted by Crippen LogP contribution is 2.13. The van der Waals surface area contributed by atoms with E-state index in [2.05, 4.69) is 10.1 Å². The molecule has 0 atom stereocenters. The first-order valence-electron chi connectivity index (χ1n) is 6.90. The molecule has 0 aliphatic carbocycles. The summed E-state index contributed by atoms with van der Waals surface area (Å²) in [7, 11) is 1.32. The van der Waals surface area contributed by atoms with Crippen molar-refractivity contribution in [1.82, 2.24) is 10.2 Å². The van der Waals surface area contributed by atoms with Gasteiger partial charge in [0.2, 0.25) is 0 Å². The fourth-order valence-electron chi connectivity index (χ4n) is 2.05. The maximum atomic E-state index is 12.0. The molecule has 0 bridgehead atoms. The number of piperidine rings is 1. The average Bonchev–Trinajstić information content (AvgIpc) is 2.45. The number of hydrogen-bond donors (Lipinski definition) is 1. The maximum Gasteiger partial charge on any atom is 0.410 e. The first-order chi connectivity index (χ1) is 9.19. The van der Waals surface area contributed by atoms with Crippen molar-refractivity contribution in [1.29, 1.82) is 0 Å². The predicted molar refractivity (Wildman–Crippen MR) is 78.1 cm³/mol. The quantitative estimate of drug-likeness (QED) is 0.596. The second kappa shape index (κ2) is 10.7. The van der Waals surface area contributed by atoms with E-state index in [-0.39, 0.29) is 25.0 Å². The summed E-state index contributed by atoms with van der Waals surface area (Å²) in [5.41, 5.74) is 0. The van der Waals surface area contributed by atoms with Gasteiger partial charge in [0, 0.05) is 6.04 Å². The fourth-order valence-corrected chi connectivity index (χ4v) is 2.05. The van der Waals surface area contributed by atoms with Crippen LogP contribution in [-0.4, -0.2) is 56.4 Å². The van der Waals surface area contributed by atoms with Crippen molar-refractivity contribution in [3.05, 3.63) is 0 Å². The molecule has 20 heavy (non-hydrogen) atoms. The van der Waals surface area contributed by atoms with Crippen LogP contribution in [0.25, 0.3) is 0 Å². The summed E-state index contributed by atoms with van der Waals surface area (Å²) in [5, 5.41) is 3.23. The molecule has 1 fully saturated rings. The molecule has 7 heteroatoms. The highest BCUT2D eigenvalue weighted by atomic mass is 35.5. The molecule has 0 aromatic heterocycles. The summed E-state index contributed by atoms with van der Waals surface area (Å²) in [4.78, 5) is 25.0. The van der Waals surface area contributed by atoms with Gasteiger partial charge < -0.3 is 14.8 Å². The molecule has 1 N–H and O–H groups in total. The third kappa shape index (κ3) is 6.43. The Kier molecular flexibility index (Phi) is 10.2. The van der Waals surface area contributed by atoms with Gasteiger partial charge in [0.15, 0.2) is 0 Å². The van der Waals surface area contributed by atoms with Gasteiger partial charge >= 0.3 is 12.1 Å². The van der Waals surface area contributed by atoms with Gasteiger partial charge in [-0.2, -0.15) is 0 Å². The molecule has 0 radical (unpaired) electrons. The molecule has 1 heterocycles. The van der Waals surface area contributed by atoms with E-state index in [4.69, 9.17) is 4.74 Å². The number of hydrogen-bond acceptors (Lipinski definition) is 5. The molecule has 1 saturated heterocycles. The van der Waals surface area contributed by atoms with Crippen molar-refractivity contribution in [2.75, 3.05) is 33.4 Å². The number of carbonyl (C=O) groups excluding carboxylic acids is 2. The topological polar surface area (TPSA) is 67.9 Å². The van der Waals surface area contributed by atoms with Gasteiger partial charge in [-0.3, -0.25) is 9.69 Å². The summed E-state index contributed by atoms with van der Waals surface area (Å²) in [6.07, 6.45) is 3.06. The third-order valence-electron chi connectivity index (χ3n) is 3.23. The molecule has 0 unspecified atom stereocenters. The maximum absolute atomic E-state index is 12.0. The highest BCUT2D eigenvalue weighted by Gasteiger charge is 2.28. The Morgan fingerprint density at radius 2 is 1.95 bits per heavy atom. The number of ether oxygens (including phenoxy) is 2. The van der Waals surface area contributed by atoms with Gasteiger partial charge in [-0.05, 0) is 32.4 Å². The van der Waals surface area contributed by atoms with Gasteiger partial charge in [0.1, 0.15) is 6.54 Å². The molecule has 1 aliphatic heterocycles. The minimum absolute atomic E-state index is 0. The van der Waals surface area contributed by atoms with E-state index in [1.54, 1.807) is 0 Å². The van der Waals surface area contributed by atoms with Crippen LogP contribution >= 0.6 is 12.4 Å². The Morgan fingerprint density at radius 3 is 2.50 bits per heavy atom. The highest BCUT2D eigenvalue weighted by molar-refractivity contribution is 5.85. The molecule has 0 aromatic carbocycles. The molecule has 0 spiro atoms. The molecule has 1 rings (SSSR count). The van der Waals surface area contributed by atoms with E-state index in [1.807, 2.05) is 6.92 Å². The first kappa shape index (κ1) is 19.0. The zero-order chi connectivity index (χ0) is 14.1. The van der Waals surface area contributed by atoms with Crippen molar-refractivity contribution in [3.8, 4) is 0 Å². The van der Waals surface area contributed by atoms with E-state index in [0.717, 1.165) is 38.8 Å². The summed E-state index contributed by atoms with van der Waals surface area (Å²) in [5.74, 6) is -0.411. The predicted octanol–water partition coefficient (Wildman–Crippen LogP) is 1.57. The van der Waals surface area contributed by atoms with Crippen LogP contribution in [0.4, 0.5) is 4.79 Å². The van der Waals surface area contributed by atoms with E-state index in [9.17, 15) is 9.59 Å². The van der Waals surface area contributed by atoms with Crippen molar-refractivity contribution in [2.45, 2.75) is 38.6 Å². The summed E-state index contributed by atoms with van der Waals surface area (Å²) >= 11 is 0. The summed E-state index contributed by atoms with van der Waals surface area (Å²) < 4.78 is 9.85. The number of carbonyl (C=O) groups is 2. The van der Waals surface area contributed by atoms with Gasteiger partial charge in [0.25, 0.3) is 0 Å². The Bertz CT molecular complexity index is 296. The Morgan fingerprint density at radius 1 is 1.30 bits per heavy atom. The lowest BCUT2D eigenvalue weighted by molar-refractivity contribution is -0.142. The van der Waals surface area contributed by atoms with Crippen LogP contribution in [-0.2, 0) is 14.3 Å². The van der Waals surface area contributed by atoms with Gasteiger partial charge in [-0.15, -0.1) is 12.4 Å². The van der Waals surface area contributed by atoms with Crippen molar-refractivity contribution >= 4 is 24.5 Å². The van der Waals surface area contributed by atoms with E-state index in [0.29, 0.717) is 6.61 Å². The SMILES string of the molecule is CCCCOC(=O)N(CC(=O)OC)C1CCNCC1.Cl. The summed E-state index contributed by atoms with van der Waals surface area (Å²) in [6.45, 7) is 4.10. The van der Waals surface area contributed by atoms with E-state index < -0.39 is 12.1 Å². The smallest absolute Gasteiger partial charge is 0.410 e. The lowest BCUT2D eigenvalue weighted by Gasteiger charge is -2.33.